The van der Waals surface area contributed by atoms with Crippen molar-refractivity contribution in [3.8, 4) is 0 Å². The highest BCUT2D eigenvalue weighted by Gasteiger charge is 1.99. The predicted octanol–water partition coefficient (Wildman–Crippen LogP) is -0.188. The summed E-state index contributed by atoms with van der Waals surface area (Å²) in [6.45, 7) is 0. The maximum Gasteiger partial charge on any atom is 0.353 e. The van der Waals surface area contributed by atoms with E-state index in [4.69, 9.17) is 5.11 Å². The molecule has 0 radical (unpaired) electrons. The summed E-state index contributed by atoms with van der Waals surface area (Å²) < 4.78 is 0. The Kier molecular flexibility index (Phi) is 4.94. The number of carboxylic acids is 1. The van der Waals surface area contributed by atoms with E-state index in [2.05, 4.69) is 9.97 Å². The molecular weight excluding hydrogens is 174 g/mol. The number of nitrogens with zero attached hydrogens (tertiary/aromatic N) is 2. The number of aromatic carboxylic acids is 1. The van der Waals surface area contributed by atoms with Crippen LogP contribution in [0.2, 0.25) is 0 Å². The fraction of sp³-hybridized carbons (Fsp3) is 0.286. The van der Waals surface area contributed by atoms with Crippen LogP contribution in [0.1, 0.15) is 10.5 Å². The second-order valence-electron chi connectivity index (χ2n) is 2.34. The predicted molar refractivity (Wildman–Crippen MR) is 45.3 cm³/mol. The van der Waals surface area contributed by atoms with Crippen LogP contribution in [0.4, 0.5) is 0 Å². The Bertz CT molecular complexity index is 256. The standard InChI is InChI=1S/C4H4N2O2.C3H7NO/c7-4(8)3-1-5-2-6-3;1-4(2)3-5/h1-2H,(H,5,6)(H,7,8);3H,1-2H3. The molecule has 1 rings (SSSR count). The number of rotatable bonds is 2. The zero-order valence-electron chi connectivity index (χ0n) is 7.39. The summed E-state index contributed by atoms with van der Waals surface area (Å²) in [5.74, 6) is -0.984. The van der Waals surface area contributed by atoms with Crippen molar-refractivity contribution in [1.82, 2.24) is 14.9 Å². The monoisotopic (exact) mass is 185 g/mol. The number of aromatic amines is 1. The van der Waals surface area contributed by atoms with Gasteiger partial charge in [-0.05, 0) is 0 Å². The molecule has 0 atom stereocenters. The molecule has 6 nitrogen and oxygen atoms in total. The number of aromatic nitrogens is 2. The third-order valence-electron chi connectivity index (χ3n) is 0.939. The Hall–Kier alpha value is -1.85. The molecule has 0 bridgehead atoms. The van der Waals surface area contributed by atoms with Crippen LogP contribution in [-0.4, -0.2) is 46.4 Å². The van der Waals surface area contributed by atoms with Crippen molar-refractivity contribution in [2.45, 2.75) is 0 Å². The van der Waals surface area contributed by atoms with Gasteiger partial charge in [-0.3, -0.25) is 4.79 Å². The van der Waals surface area contributed by atoms with E-state index in [0.717, 1.165) is 6.41 Å². The molecular formula is C7H11N3O3. The topological polar surface area (TPSA) is 86.3 Å². The molecule has 0 aromatic carbocycles. The van der Waals surface area contributed by atoms with Gasteiger partial charge >= 0.3 is 5.97 Å². The second-order valence-corrected chi connectivity index (χ2v) is 2.34. The van der Waals surface area contributed by atoms with E-state index >= 15 is 0 Å². The first kappa shape index (κ1) is 11.2. The minimum atomic E-state index is -0.984. The van der Waals surface area contributed by atoms with Crippen molar-refractivity contribution in [3.63, 3.8) is 0 Å². The zero-order chi connectivity index (χ0) is 10.3. The van der Waals surface area contributed by atoms with E-state index in [1.54, 1.807) is 14.1 Å². The van der Waals surface area contributed by atoms with Gasteiger partial charge in [-0.15, -0.1) is 0 Å². The summed E-state index contributed by atoms with van der Waals surface area (Å²) in [4.78, 5) is 26.8. The summed E-state index contributed by atoms with van der Waals surface area (Å²) in [6, 6.07) is 0. The summed E-state index contributed by atoms with van der Waals surface area (Å²) in [6.07, 6.45) is 3.33. The lowest BCUT2D eigenvalue weighted by atomic mass is 10.5. The van der Waals surface area contributed by atoms with E-state index in [1.165, 1.54) is 17.4 Å². The van der Waals surface area contributed by atoms with E-state index in [1.807, 2.05) is 0 Å². The molecule has 2 N–H and O–H groups in total. The molecule has 1 aromatic heterocycles. The molecule has 0 saturated carbocycles. The maximum atomic E-state index is 9.99. The second kappa shape index (κ2) is 5.76. The molecule has 0 spiro atoms. The van der Waals surface area contributed by atoms with Gasteiger partial charge in [0.25, 0.3) is 0 Å². The number of hydrogen-bond donors (Lipinski definition) is 2. The molecule has 0 saturated heterocycles. The number of imidazole rings is 1. The van der Waals surface area contributed by atoms with Gasteiger partial charge in [0.15, 0.2) is 0 Å². The van der Waals surface area contributed by atoms with Gasteiger partial charge in [-0.2, -0.15) is 0 Å². The Morgan fingerprint density at radius 1 is 1.69 bits per heavy atom. The third-order valence-corrected chi connectivity index (χ3v) is 0.939. The Morgan fingerprint density at radius 3 is 2.38 bits per heavy atom. The van der Waals surface area contributed by atoms with Crippen molar-refractivity contribution in [1.29, 1.82) is 0 Å². The van der Waals surface area contributed by atoms with Crippen LogP contribution in [0.5, 0.6) is 0 Å². The Morgan fingerprint density at radius 2 is 2.23 bits per heavy atom. The molecule has 1 amide bonds. The molecule has 0 aliphatic carbocycles. The highest BCUT2D eigenvalue weighted by atomic mass is 16.4. The molecule has 72 valence electrons. The van der Waals surface area contributed by atoms with E-state index in [0.29, 0.717) is 0 Å². The van der Waals surface area contributed by atoms with E-state index in [9.17, 15) is 9.59 Å². The molecule has 13 heavy (non-hydrogen) atoms. The lowest BCUT2D eigenvalue weighted by Crippen LogP contribution is -2.06. The van der Waals surface area contributed by atoms with Gasteiger partial charge in [0.1, 0.15) is 5.69 Å². The first-order valence-electron chi connectivity index (χ1n) is 3.41. The normalized spacial score (nSPS) is 8.15. The van der Waals surface area contributed by atoms with Crippen LogP contribution in [0, 0.1) is 0 Å². The van der Waals surface area contributed by atoms with Crippen molar-refractivity contribution < 1.29 is 14.7 Å². The molecule has 0 aliphatic heterocycles. The first-order chi connectivity index (χ1) is 6.07. The molecule has 1 aromatic rings. The number of amides is 1. The average molecular weight is 185 g/mol. The summed E-state index contributed by atoms with van der Waals surface area (Å²) >= 11 is 0. The fourth-order valence-corrected chi connectivity index (χ4v) is 0.373. The molecule has 6 heteroatoms. The SMILES string of the molecule is CN(C)C=O.O=C(O)c1cnc[nH]1. The number of carbonyl (C=O) groups excluding carboxylic acids is 1. The van der Waals surface area contributed by atoms with Crippen LogP contribution in [-0.2, 0) is 4.79 Å². The lowest BCUT2D eigenvalue weighted by Gasteiger charge is -1.93. The average Bonchev–Trinajstić information content (AvgIpc) is 2.57. The number of hydrogen-bond acceptors (Lipinski definition) is 3. The molecule has 0 unspecified atom stereocenters. The minimum absolute atomic E-state index is 0.116. The van der Waals surface area contributed by atoms with Crippen LogP contribution in [0.3, 0.4) is 0 Å². The number of nitrogens with one attached hydrogen (secondary N) is 1. The van der Waals surface area contributed by atoms with Crippen LogP contribution >= 0.6 is 0 Å². The largest absolute Gasteiger partial charge is 0.477 e. The Labute approximate surface area is 75.2 Å². The first-order valence-corrected chi connectivity index (χ1v) is 3.41. The van der Waals surface area contributed by atoms with Gasteiger partial charge in [-0.1, -0.05) is 0 Å². The van der Waals surface area contributed by atoms with E-state index < -0.39 is 5.97 Å². The summed E-state index contributed by atoms with van der Waals surface area (Å²) in [7, 11) is 3.38. The third kappa shape index (κ3) is 5.42. The summed E-state index contributed by atoms with van der Waals surface area (Å²) in [5.41, 5.74) is 0.116. The lowest BCUT2D eigenvalue weighted by molar-refractivity contribution is -0.115. The van der Waals surface area contributed by atoms with Gasteiger partial charge in [0, 0.05) is 14.1 Å². The number of carboxylic acid groups (broad SMARTS) is 1. The van der Waals surface area contributed by atoms with Gasteiger partial charge in [0.2, 0.25) is 6.41 Å². The zero-order valence-corrected chi connectivity index (χ0v) is 7.39. The molecule has 1 heterocycles. The van der Waals surface area contributed by atoms with E-state index in [-0.39, 0.29) is 5.69 Å². The van der Waals surface area contributed by atoms with Crippen LogP contribution < -0.4 is 0 Å². The van der Waals surface area contributed by atoms with Gasteiger partial charge in [-0.25, -0.2) is 9.78 Å². The van der Waals surface area contributed by atoms with Gasteiger partial charge in [0.05, 0.1) is 12.5 Å². The van der Waals surface area contributed by atoms with Crippen LogP contribution in [0.25, 0.3) is 0 Å². The number of carbonyl (C=O) groups is 2. The molecule has 0 fully saturated rings. The summed E-state index contributed by atoms with van der Waals surface area (Å²) in [5, 5.41) is 8.20. The van der Waals surface area contributed by atoms with Crippen molar-refractivity contribution in [3.05, 3.63) is 18.2 Å². The van der Waals surface area contributed by atoms with Crippen molar-refractivity contribution in [2.75, 3.05) is 14.1 Å². The smallest absolute Gasteiger partial charge is 0.353 e. The number of H-pyrrole nitrogens is 1. The Balaban J connectivity index is 0.000000252. The highest BCUT2D eigenvalue weighted by molar-refractivity contribution is 5.84. The fourth-order valence-electron chi connectivity index (χ4n) is 0.373. The van der Waals surface area contributed by atoms with Crippen LogP contribution in [0.15, 0.2) is 12.5 Å². The van der Waals surface area contributed by atoms with Gasteiger partial charge < -0.3 is 15.0 Å². The minimum Gasteiger partial charge on any atom is -0.477 e. The molecule has 0 aliphatic rings. The van der Waals surface area contributed by atoms with Crippen molar-refractivity contribution in [2.24, 2.45) is 0 Å². The highest BCUT2D eigenvalue weighted by Crippen LogP contribution is 1.87. The van der Waals surface area contributed by atoms with Crippen molar-refractivity contribution >= 4 is 12.4 Å². The maximum absolute atomic E-state index is 9.99. The quantitative estimate of drug-likeness (QED) is 0.625.